The van der Waals surface area contributed by atoms with Gasteiger partial charge in [-0.2, -0.15) is 0 Å². The molecule has 0 aliphatic carbocycles. The molecule has 0 aliphatic rings. The number of ether oxygens (including phenoxy) is 4. The van der Waals surface area contributed by atoms with Crippen LogP contribution in [0.5, 0.6) is 0 Å². The van der Waals surface area contributed by atoms with Gasteiger partial charge in [-0.25, -0.2) is 0 Å². The van der Waals surface area contributed by atoms with Crippen molar-refractivity contribution in [1.82, 2.24) is 0 Å². The molecule has 7 heteroatoms. The van der Waals surface area contributed by atoms with E-state index in [0.29, 0.717) is 46.2 Å². The Labute approximate surface area is 153 Å². The quantitative estimate of drug-likeness (QED) is 0.284. The molecule has 0 atom stereocenters. The van der Waals surface area contributed by atoms with E-state index in [4.69, 9.17) is 23.5 Å². The Hall–Kier alpha value is -0.260. The van der Waals surface area contributed by atoms with Crippen molar-refractivity contribution < 1.29 is 28.3 Å². The van der Waals surface area contributed by atoms with Crippen LogP contribution in [0.4, 0.5) is 0 Å². The van der Waals surface area contributed by atoms with Crippen LogP contribution in [0.15, 0.2) is 0 Å². The first-order chi connectivity index (χ1) is 12.0. The first kappa shape index (κ1) is 24.7. The summed E-state index contributed by atoms with van der Waals surface area (Å²) in [6, 6.07) is 0. The van der Waals surface area contributed by atoms with Gasteiger partial charge in [-0.15, -0.1) is 0 Å². The van der Waals surface area contributed by atoms with Crippen LogP contribution in [0.25, 0.3) is 0 Å². The van der Waals surface area contributed by atoms with E-state index in [2.05, 4.69) is 20.8 Å². The fourth-order valence-electron chi connectivity index (χ4n) is 2.78. The third-order valence-corrected chi connectivity index (χ3v) is 11.9. The Kier molecular flexibility index (Phi) is 13.7. The van der Waals surface area contributed by atoms with Crippen molar-refractivity contribution in [2.75, 3.05) is 78.0 Å². The number of carbonyl (C=O) groups is 1. The molecule has 0 fully saturated rings. The SMILES string of the molecule is CCOCCP(CC)(CC)(CC)OC(=O)CCOCCOCCOC. The molecule has 0 radical (unpaired) electrons. The van der Waals surface area contributed by atoms with E-state index in [1.807, 2.05) is 6.92 Å². The Balaban J connectivity index is 4.30. The molecule has 0 amide bonds. The third-order valence-electron chi connectivity index (χ3n) is 5.02. The van der Waals surface area contributed by atoms with E-state index in [-0.39, 0.29) is 12.4 Å². The van der Waals surface area contributed by atoms with E-state index < -0.39 is 6.83 Å². The van der Waals surface area contributed by atoms with Crippen molar-refractivity contribution in [3.63, 3.8) is 0 Å². The second-order valence-electron chi connectivity index (χ2n) is 6.16. The Morgan fingerprint density at radius 1 is 0.760 bits per heavy atom. The van der Waals surface area contributed by atoms with Gasteiger partial charge in [0.1, 0.15) is 0 Å². The van der Waals surface area contributed by atoms with Crippen molar-refractivity contribution in [2.24, 2.45) is 0 Å². The fraction of sp³-hybridized carbons (Fsp3) is 0.944. The molecule has 0 bridgehead atoms. The van der Waals surface area contributed by atoms with Gasteiger partial charge in [-0.05, 0) is 0 Å². The van der Waals surface area contributed by atoms with E-state index in [9.17, 15) is 4.79 Å². The minimum atomic E-state index is -2.51. The molecular formula is C18H39O6P. The Bertz CT molecular complexity index is 335. The summed E-state index contributed by atoms with van der Waals surface area (Å²) in [5.74, 6) is -0.153. The predicted molar refractivity (Wildman–Crippen MR) is 104 cm³/mol. The molecule has 0 N–H and O–H groups in total. The average Bonchev–Trinajstić information content (AvgIpc) is 2.63. The van der Waals surface area contributed by atoms with Gasteiger partial charge in [0, 0.05) is 0 Å². The molecule has 0 rings (SSSR count). The molecule has 152 valence electrons. The van der Waals surface area contributed by atoms with E-state index >= 15 is 0 Å². The summed E-state index contributed by atoms with van der Waals surface area (Å²) < 4.78 is 27.4. The van der Waals surface area contributed by atoms with Crippen molar-refractivity contribution >= 4 is 12.8 Å². The first-order valence-corrected chi connectivity index (χ1v) is 12.4. The van der Waals surface area contributed by atoms with Crippen LogP contribution in [-0.2, 0) is 28.3 Å². The van der Waals surface area contributed by atoms with Crippen molar-refractivity contribution in [3.8, 4) is 0 Å². The molecule has 0 spiro atoms. The fourth-order valence-corrected chi connectivity index (χ4v) is 6.80. The molecular weight excluding hydrogens is 343 g/mol. The normalized spacial score (nSPS) is 13.4. The van der Waals surface area contributed by atoms with Gasteiger partial charge >= 0.3 is 153 Å². The van der Waals surface area contributed by atoms with Crippen molar-refractivity contribution in [1.29, 1.82) is 0 Å². The second-order valence-corrected chi connectivity index (χ2v) is 12.4. The van der Waals surface area contributed by atoms with Gasteiger partial charge in [-0.3, -0.25) is 0 Å². The average molecular weight is 382 g/mol. The zero-order chi connectivity index (χ0) is 19.0. The topological polar surface area (TPSA) is 63.2 Å². The number of rotatable bonds is 17. The summed E-state index contributed by atoms with van der Waals surface area (Å²) in [5.41, 5.74) is 0. The van der Waals surface area contributed by atoms with Crippen LogP contribution in [0.3, 0.4) is 0 Å². The zero-order valence-electron chi connectivity index (χ0n) is 16.9. The van der Waals surface area contributed by atoms with Crippen molar-refractivity contribution in [2.45, 2.75) is 34.1 Å². The van der Waals surface area contributed by atoms with Gasteiger partial charge in [0.2, 0.25) is 0 Å². The van der Waals surface area contributed by atoms with Crippen LogP contribution in [-0.4, -0.2) is 84.0 Å². The van der Waals surface area contributed by atoms with Gasteiger partial charge in [0.05, 0.1) is 0 Å². The molecule has 0 saturated carbocycles. The van der Waals surface area contributed by atoms with Crippen LogP contribution >= 0.6 is 6.83 Å². The molecule has 0 aromatic rings. The van der Waals surface area contributed by atoms with E-state index in [1.54, 1.807) is 7.11 Å². The maximum absolute atomic E-state index is 12.4. The standard InChI is InChI=1S/C18H39O6P/c1-6-21-16-17-25(7-2,8-3,9-4)24-18(19)10-11-22-14-15-23-13-12-20-5/h6-17H2,1-5H3. The number of hydrogen-bond acceptors (Lipinski definition) is 6. The Morgan fingerprint density at radius 2 is 1.32 bits per heavy atom. The van der Waals surface area contributed by atoms with Crippen molar-refractivity contribution in [3.05, 3.63) is 0 Å². The van der Waals surface area contributed by atoms with Gasteiger partial charge in [-0.1, -0.05) is 0 Å². The molecule has 0 aliphatic heterocycles. The first-order valence-electron chi connectivity index (χ1n) is 9.47. The second kappa shape index (κ2) is 13.9. The Morgan fingerprint density at radius 3 is 1.84 bits per heavy atom. The summed E-state index contributed by atoms with van der Waals surface area (Å²) in [5, 5.41) is 0. The van der Waals surface area contributed by atoms with Gasteiger partial charge in [0.25, 0.3) is 0 Å². The minimum absolute atomic E-state index is 0.153. The summed E-state index contributed by atoms with van der Waals surface area (Å²) >= 11 is 0. The van der Waals surface area contributed by atoms with Gasteiger partial charge < -0.3 is 0 Å². The molecule has 0 heterocycles. The molecule has 0 aromatic heterocycles. The molecule has 0 saturated heterocycles. The zero-order valence-corrected chi connectivity index (χ0v) is 17.8. The molecule has 0 unspecified atom stereocenters. The molecule has 25 heavy (non-hydrogen) atoms. The predicted octanol–water partition coefficient (Wildman–Crippen LogP) is 3.16. The number of carbonyl (C=O) groups excluding carboxylic acids is 1. The van der Waals surface area contributed by atoms with Crippen LogP contribution in [0.2, 0.25) is 0 Å². The number of hydrogen-bond donors (Lipinski definition) is 0. The van der Waals surface area contributed by atoms with Crippen LogP contribution < -0.4 is 0 Å². The molecule has 0 aromatic carbocycles. The molecule has 6 nitrogen and oxygen atoms in total. The van der Waals surface area contributed by atoms with Gasteiger partial charge in [0.15, 0.2) is 0 Å². The number of methoxy groups -OCH3 is 1. The summed E-state index contributed by atoms with van der Waals surface area (Å²) in [6.45, 7) is 9.71. The monoisotopic (exact) mass is 382 g/mol. The third kappa shape index (κ3) is 9.30. The summed E-state index contributed by atoms with van der Waals surface area (Å²) in [6.07, 6.45) is 3.86. The summed E-state index contributed by atoms with van der Waals surface area (Å²) in [7, 11) is 1.64. The van der Waals surface area contributed by atoms with E-state index in [0.717, 1.165) is 24.6 Å². The van der Waals surface area contributed by atoms with E-state index in [1.165, 1.54) is 0 Å². The van der Waals surface area contributed by atoms with Crippen LogP contribution in [0, 0.1) is 0 Å². The maximum atomic E-state index is 12.4. The summed E-state index contributed by atoms with van der Waals surface area (Å²) in [4.78, 5) is 12.4. The van der Waals surface area contributed by atoms with Crippen LogP contribution in [0.1, 0.15) is 34.1 Å².